The van der Waals surface area contributed by atoms with Crippen LogP contribution < -0.4 is 0 Å². The average Bonchev–Trinajstić information content (AvgIpc) is 2.81. The van der Waals surface area contributed by atoms with Gasteiger partial charge in [0.05, 0.1) is 6.67 Å². The molecule has 0 heterocycles. The Morgan fingerprint density at radius 3 is 1.29 bits per heavy atom. The van der Waals surface area contributed by atoms with E-state index in [1.807, 2.05) is 0 Å². The van der Waals surface area contributed by atoms with Crippen LogP contribution in [-0.2, 0) is 9.53 Å². The molecule has 1 atom stereocenters. The molecular weight excluding hydrogens is 423 g/mol. The van der Waals surface area contributed by atoms with Gasteiger partial charge in [0.1, 0.15) is 5.60 Å². The van der Waals surface area contributed by atoms with Gasteiger partial charge in [0.25, 0.3) is 0 Å². The number of carbonyl (C=O) groups excluding carboxylic acids is 1. The molecule has 2 nitrogen and oxygen atoms in total. The molecular formula is C31H59FO2. The number of esters is 1. The van der Waals surface area contributed by atoms with Crippen LogP contribution in [0.4, 0.5) is 4.39 Å². The summed E-state index contributed by atoms with van der Waals surface area (Å²) in [6.45, 7) is 9.65. The predicted molar refractivity (Wildman–Crippen MR) is 147 cm³/mol. The van der Waals surface area contributed by atoms with E-state index in [-0.39, 0.29) is 18.2 Å². The van der Waals surface area contributed by atoms with Crippen LogP contribution in [0.3, 0.4) is 0 Å². The van der Waals surface area contributed by atoms with Crippen molar-refractivity contribution in [1.82, 2.24) is 0 Å². The van der Waals surface area contributed by atoms with Crippen molar-refractivity contribution in [3.05, 3.63) is 12.2 Å². The summed E-state index contributed by atoms with van der Waals surface area (Å²) in [5.74, 6) is -0.258. The smallest absolute Gasteiger partial charge is 0.333 e. The largest absolute Gasteiger partial charge is 0.456 e. The lowest BCUT2D eigenvalue weighted by molar-refractivity contribution is -0.154. The molecule has 3 heteroatoms. The van der Waals surface area contributed by atoms with Crippen molar-refractivity contribution in [3.63, 3.8) is 0 Å². The first kappa shape index (κ1) is 33.1. The van der Waals surface area contributed by atoms with E-state index in [0.717, 1.165) is 51.4 Å². The van der Waals surface area contributed by atoms with Gasteiger partial charge < -0.3 is 4.74 Å². The molecule has 0 fully saturated rings. The zero-order chi connectivity index (χ0) is 25.3. The van der Waals surface area contributed by atoms with Crippen molar-refractivity contribution in [2.24, 2.45) is 0 Å². The second kappa shape index (κ2) is 23.9. The summed E-state index contributed by atoms with van der Waals surface area (Å²) < 4.78 is 18.1. The fraction of sp³-hybridized carbons (Fsp3) is 0.903. The van der Waals surface area contributed by atoms with Crippen LogP contribution in [-0.4, -0.2) is 18.2 Å². The first-order chi connectivity index (χ1) is 16.4. The molecule has 0 N–H and O–H groups in total. The molecule has 202 valence electrons. The van der Waals surface area contributed by atoms with Crippen LogP contribution in [0.1, 0.15) is 168 Å². The van der Waals surface area contributed by atoms with Crippen LogP contribution in [0.5, 0.6) is 0 Å². The first-order valence-electron chi connectivity index (χ1n) is 14.9. The Morgan fingerprint density at radius 1 is 0.647 bits per heavy atom. The zero-order valence-corrected chi connectivity index (χ0v) is 23.4. The van der Waals surface area contributed by atoms with Crippen molar-refractivity contribution < 1.29 is 13.9 Å². The van der Waals surface area contributed by atoms with Crippen molar-refractivity contribution >= 4 is 5.97 Å². The minimum atomic E-state index is -0.383. The number of ether oxygens (including phenoxy) is 1. The maximum atomic E-state index is 12.2. The Kier molecular flexibility index (Phi) is 23.3. The monoisotopic (exact) mass is 482 g/mol. The van der Waals surface area contributed by atoms with Gasteiger partial charge in [-0.1, -0.05) is 129 Å². The summed E-state index contributed by atoms with van der Waals surface area (Å²) in [5.41, 5.74) is 0.0971. The lowest BCUT2D eigenvalue weighted by Crippen LogP contribution is -2.32. The molecule has 0 saturated carbocycles. The van der Waals surface area contributed by atoms with Crippen LogP contribution in [0.25, 0.3) is 0 Å². The highest BCUT2D eigenvalue weighted by molar-refractivity contribution is 5.87. The number of alkyl halides is 1. The fourth-order valence-corrected chi connectivity index (χ4v) is 4.71. The Hall–Kier alpha value is -0.860. The standard InChI is InChI=1S/C31H59FO2/c1-5-6-7-8-9-10-11-12-13-14-15-16-17-20-23-26-31(4,34-30(33)29(2)3)27-24-21-18-19-22-25-28-32/h2,5-28H2,1,3-4H3. The van der Waals surface area contributed by atoms with E-state index in [9.17, 15) is 9.18 Å². The van der Waals surface area contributed by atoms with Gasteiger partial charge in [0.2, 0.25) is 0 Å². The Balaban J connectivity index is 3.86. The summed E-state index contributed by atoms with van der Waals surface area (Å²) in [4.78, 5) is 12.2. The minimum absolute atomic E-state index is 0.200. The lowest BCUT2D eigenvalue weighted by atomic mass is 9.91. The first-order valence-corrected chi connectivity index (χ1v) is 14.9. The van der Waals surface area contributed by atoms with E-state index in [2.05, 4.69) is 20.4 Å². The van der Waals surface area contributed by atoms with Crippen LogP contribution in [0.2, 0.25) is 0 Å². The van der Waals surface area contributed by atoms with Gasteiger partial charge in [0, 0.05) is 5.57 Å². The zero-order valence-electron chi connectivity index (χ0n) is 23.4. The molecule has 0 radical (unpaired) electrons. The van der Waals surface area contributed by atoms with Gasteiger partial charge in [-0.2, -0.15) is 0 Å². The van der Waals surface area contributed by atoms with Crippen molar-refractivity contribution in [2.75, 3.05) is 6.67 Å². The number of unbranched alkanes of at least 4 members (excludes halogenated alkanes) is 19. The highest BCUT2D eigenvalue weighted by Crippen LogP contribution is 2.28. The number of hydrogen-bond donors (Lipinski definition) is 0. The number of hydrogen-bond acceptors (Lipinski definition) is 2. The number of carbonyl (C=O) groups is 1. The molecule has 0 rings (SSSR count). The lowest BCUT2D eigenvalue weighted by Gasteiger charge is -2.30. The summed E-state index contributed by atoms with van der Waals surface area (Å²) in [5, 5.41) is 0. The van der Waals surface area contributed by atoms with Gasteiger partial charge in [0.15, 0.2) is 0 Å². The van der Waals surface area contributed by atoms with E-state index in [1.54, 1.807) is 6.92 Å². The Morgan fingerprint density at radius 2 is 0.971 bits per heavy atom. The molecule has 0 aromatic rings. The average molecular weight is 483 g/mol. The molecule has 0 aliphatic rings. The SMILES string of the molecule is C=C(C)C(=O)OC(C)(CCCCCCCCF)CCCCCCCCCCCCCCCCC. The fourth-order valence-electron chi connectivity index (χ4n) is 4.71. The molecule has 0 bridgehead atoms. The molecule has 34 heavy (non-hydrogen) atoms. The van der Waals surface area contributed by atoms with Crippen molar-refractivity contribution in [1.29, 1.82) is 0 Å². The molecule has 0 saturated heterocycles. The van der Waals surface area contributed by atoms with Crippen molar-refractivity contribution in [3.8, 4) is 0 Å². The third kappa shape index (κ3) is 21.7. The Labute approximate surface area is 212 Å². The van der Waals surface area contributed by atoms with Crippen LogP contribution >= 0.6 is 0 Å². The number of rotatable bonds is 26. The van der Waals surface area contributed by atoms with Gasteiger partial charge in [-0.25, -0.2) is 4.79 Å². The van der Waals surface area contributed by atoms with E-state index < -0.39 is 0 Å². The minimum Gasteiger partial charge on any atom is -0.456 e. The van der Waals surface area contributed by atoms with Crippen LogP contribution in [0.15, 0.2) is 12.2 Å². The molecule has 0 amide bonds. The second-order valence-corrected chi connectivity index (χ2v) is 10.9. The maximum absolute atomic E-state index is 12.2. The summed E-state index contributed by atoms with van der Waals surface area (Å²) in [7, 11) is 0. The summed E-state index contributed by atoms with van der Waals surface area (Å²) in [6, 6.07) is 0. The molecule has 1 unspecified atom stereocenters. The molecule has 0 aliphatic heterocycles. The van der Waals surface area contributed by atoms with E-state index in [0.29, 0.717) is 12.0 Å². The highest BCUT2D eigenvalue weighted by atomic mass is 19.1. The van der Waals surface area contributed by atoms with Crippen molar-refractivity contribution in [2.45, 2.75) is 174 Å². The van der Waals surface area contributed by atoms with E-state index in [1.165, 1.54) is 89.9 Å². The Bertz CT molecular complexity index is 476. The topological polar surface area (TPSA) is 26.3 Å². The van der Waals surface area contributed by atoms with Gasteiger partial charge >= 0.3 is 5.97 Å². The maximum Gasteiger partial charge on any atom is 0.333 e. The quantitative estimate of drug-likeness (QED) is 0.0696. The van der Waals surface area contributed by atoms with Gasteiger partial charge in [-0.3, -0.25) is 4.39 Å². The van der Waals surface area contributed by atoms with E-state index in [4.69, 9.17) is 4.74 Å². The summed E-state index contributed by atoms with van der Waals surface area (Å²) in [6.07, 6.45) is 28.4. The van der Waals surface area contributed by atoms with Gasteiger partial charge in [-0.15, -0.1) is 0 Å². The second-order valence-electron chi connectivity index (χ2n) is 10.9. The van der Waals surface area contributed by atoms with E-state index >= 15 is 0 Å². The molecule has 0 spiro atoms. The molecule has 0 aromatic heterocycles. The molecule has 0 aromatic carbocycles. The third-order valence-corrected chi connectivity index (χ3v) is 7.09. The van der Waals surface area contributed by atoms with Gasteiger partial charge in [-0.05, 0) is 46.0 Å². The third-order valence-electron chi connectivity index (χ3n) is 7.09. The molecule has 0 aliphatic carbocycles. The summed E-state index contributed by atoms with van der Waals surface area (Å²) >= 11 is 0. The van der Waals surface area contributed by atoms with Crippen LogP contribution in [0, 0.1) is 0 Å². The predicted octanol–water partition coefficient (Wildman–Crippen LogP) is 10.8. The highest BCUT2D eigenvalue weighted by Gasteiger charge is 2.28. The normalized spacial score (nSPS) is 13.1. The number of halogens is 1.